The number of hydrogen-bond donors (Lipinski definition) is 1. The Morgan fingerprint density at radius 2 is 2.20 bits per heavy atom. The topological polar surface area (TPSA) is 55.1 Å². The molecule has 0 aliphatic carbocycles. The highest BCUT2D eigenvalue weighted by Crippen LogP contribution is 2.36. The van der Waals surface area contributed by atoms with Crippen LogP contribution in [0.25, 0.3) is 11.1 Å². The van der Waals surface area contributed by atoms with Crippen LogP contribution in [0, 0.1) is 6.92 Å². The molecule has 2 aromatic rings. The summed E-state index contributed by atoms with van der Waals surface area (Å²) in [6.45, 7) is 7.78. The molecular weight excluding hydrogens is 250 g/mol. The molecule has 0 bridgehead atoms. The summed E-state index contributed by atoms with van der Waals surface area (Å²) in [6, 6.07) is 0. The van der Waals surface area contributed by atoms with Gasteiger partial charge in [0.1, 0.15) is 5.84 Å². The van der Waals surface area contributed by atoms with Crippen molar-refractivity contribution < 1.29 is 0 Å². The van der Waals surface area contributed by atoms with Crippen LogP contribution in [0.15, 0.2) is 35.9 Å². The van der Waals surface area contributed by atoms with Crippen molar-refractivity contribution in [2.75, 3.05) is 0 Å². The fourth-order valence-electron chi connectivity index (χ4n) is 2.44. The van der Waals surface area contributed by atoms with Gasteiger partial charge in [0.2, 0.25) is 0 Å². The van der Waals surface area contributed by atoms with Crippen LogP contribution in [0.5, 0.6) is 0 Å². The van der Waals surface area contributed by atoms with Crippen LogP contribution in [0.3, 0.4) is 0 Å². The number of allylic oxidation sites excluding steroid dienone is 1. The summed E-state index contributed by atoms with van der Waals surface area (Å²) in [4.78, 5) is 9.09. The molecule has 102 valence electrons. The van der Waals surface area contributed by atoms with Gasteiger partial charge in [-0.1, -0.05) is 6.58 Å². The van der Waals surface area contributed by atoms with E-state index in [2.05, 4.69) is 27.0 Å². The Morgan fingerprint density at radius 1 is 1.40 bits per heavy atom. The van der Waals surface area contributed by atoms with Crippen LogP contribution in [-0.2, 0) is 13.5 Å². The van der Waals surface area contributed by atoms with Crippen molar-refractivity contribution in [3.63, 3.8) is 0 Å². The van der Waals surface area contributed by atoms with Gasteiger partial charge in [-0.15, -0.1) is 0 Å². The Bertz CT molecular complexity index is 724. The molecule has 3 rings (SSSR count). The second-order valence-corrected chi connectivity index (χ2v) is 5.13. The van der Waals surface area contributed by atoms with Crippen molar-refractivity contribution in [2.24, 2.45) is 12.0 Å². The second-order valence-electron chi connectivity index (χ2n) is 5.13. The first-order valence-corrected chi connectivity index (χ1v) is 6.52. The van der Waals surface area contributed by atoms with Crippen molar-refractivity contribution in [1.29, 1.82) is 0 Å². The maximum absolute atomic E-state index is 4.64. The highest BCUT2D eigenvalue weighted by atomic mass is 15.2. The second kappa shape index (κ2) is 4.59. The third kappa shape index (κ3) is 2.11. The predicted octanol–water partition coefficient (Wildman–Crippen LogP) is 2.50. The van der Waals surface area contributed by atoms with Crippen molar-refractivity contribution in [1.82, 2.24) is 20.1 Å². The zero-order valence-corrected chi connectivity index (χ0v) is 11.9. The fourth-order valence-corrected chi connectivity index (χ4v) is 2.44. The Morgan fingerprint density at radius 3 is 2.85 bits per heavy atom. The van der Waals surface area contributed by atoms with E-state index >= 15 is 0 Å². The number of aromatic nitrogens is 3. The van der Waals surface area contributed by atoms with E-state index < -0.39 is 0 Å². The third-order valence-electron chi connectivity index (χ3n) is 3.31. The lowest BCUT2D eigenvalue weighted by Gasteiger charge is -2.07. The van der Waals surface area contributed by atoms with Crippen molar-refractivity contribution in [2.45, 2.75) is 20.3 Å². The molecule has 0 amide bonds. The Hall–Kier alpha value is -2.43. The van der Waals surface area contributed by atoms with Crippen LogP contribution in [0.4, 0.5) is 5.69 Å². The maximum atomic E-state index is 4.64. The van der Waals surface area contributed by atoms with Gasteiger partial charge in [0.25, 0.3) is 0 Å². The number of pyridine rings is 1. The molecule has 5 nitrogen and oxygen atoms in total. The monoisotopic (exact) mass is 267 g/mol. The molecule has 5 heteroatoms. The molecule has 3 heterocycles. The summed E-state index contributed by atoms with van der Waals surface area (Å²) in [5, 5.41) is 7.44. The number of hydrogen-bond acceptors (Lipinski definition) is 4. The number of amidine groups is 1. The molecule has 20 heavy (non-hydrogen) atoms. The van der Waals surface area contributed by atoms with E-state index in [9.17, 15) is 0 Å². The van der Waals surface area contributed by atoms with Gasteiger partial charge in [-0.05, 0) is 19.4 Å². The average Bonchev–Trinajstić information content (AvgIpc) is 2.96. The minimum Gasteiger partial charge on any atom is -0.348 e. The first kappa shape index (κ1) is 12.6. The number of aryl methyl sites for hydroxylation is 2. The van der Waals surface area contributed by atoms with E-state index in [4.69, 9.17) is 0 Å². The quantitative estimate of drug-likeness (QED) is 0.909. The molecule has 0 fully saturated rings. The van der Waals surface area contributed by atoms with Crippen molar-refractivity contribution >= 4 is 11.5 Å². The highest BCUT2D eigenvalue weighted by Gasteiger charge is 2.22. The predicted molar refractivity (Wildman–Crippen MR) is 79.9 cm³/mol. The maximum Gasteiger partial charge on any atom is 0.111 e. The van der Waals surface area contributed by atoms with Crippen LogP contribution in [0.1, 0.15) is 18.2 Å². The molecule has 0 aromatic carbocycles. The molecule has 0 saturated carbocycles. The lowest BCUT2D eigenvalue weighted by atomic mass is 10.0. The third-order valence-corrected chi connectivity index (χ3v) is 3.31. The van der Waals surface area contributed by atoms with Crippen LogP contribution < -0.4 is 5.32 Å². The minimum atomic E-state index is 0.774. The van der Waals surface area contributed by atoms with Gasteiger partial charge in [-0.25, -0.2) is 4.99 Å². The molecule has 1 aliphatic heterocycles. The highest BCUT2D eigenvalue weighted by molar-refractivity contribution is 5.96. The van der Waals surface area contributed by atoms with E-state index in [0.717, 1.165) is 40.5 Å². The van der Waals surface area contributed by atoms with Crippen molar-refractivity contribution in [3.8, 4) is 11.1 Å². The zero-order valence-electron chi connectivity index (χ0n) is 11.9. The van der Waals surface area contributed by atoms with Gasteiger partial charge in [0.15, 0.2) is 0 Å². The van der Waals surface area contributed by atoms with Crippen LogP contribution >= 0.6 is 0 Å². The standard InChI is InChI=1S/C15H17N5/c1-9(2)18-14-5-12-13(11-6-17-20(4)8-11)7-16-10(3)15(12)19-14/h6-8H,1,5H2,2-4H3,(H,18,19). The van der Waals surface area contributed by atoms with E-state index in [0.29, 0.717) is 0 Å². The molecule has 0 unspecified atom stereocenters. The summed E-state index contributed by atoms with van der Waals surface area (Å²) in [6.07, 6.45) is 6.54. The lowest BCUT2D eigenvalue weighted by molar-refractivity contribution is 0.768. The van der Waals surface area contributed by atoms with Gasteiger partial charge >= 0.3 is 0 Å². The summed E-state index contributed by atoms with van der Waals surface area (Å²) in [7, 11) is 1.91. The van der Waals surface area contributed by atoms with Gasteiger partial charge in [-0.2, -0.15) is 5.10 Å². The van der Waals surface area contributed by atoms with Crippen LogP contribution in [-0.4, -0.2) is 20.6 Å². The molecule has 2 aromatic heterocycles. The average molecular weight is 267 g/mol. The molecule has 0 spiro atoms. The largest absolute Gasteiger partial charge is 0.348 e. The van der Waals surface area contributed by atoms with Gasteiger partial charge in [0, 0.05) is 42.7 Å². The number of fused-ring (bicyclic) bond motifs is 1. The summed E-state index contributed by atoms with van der Waals surface area (Å²) < 4.78 is 1.80. The van der Waals surface area contributed by atoms with Crippen molar-refractivity contribution in [3.05, 3.63) is 42.1 Å². The zero-order chi connectivity index (χ0) is 14.3. The fraction of sp³-hybridized carbons (Fsp3) is 0.267. The first-order valence-electron chi connectivity index (χ1n) is 6.52. The number of rotatable bonds is 2. The minimum absolute atomic E-state index is 0.774. The van der Waals surface area contributed by atoms with Crippen LogP contribution in [0.2, 0.25) is 0 Å². The van der Waals surface area contributed by atoms with Gasteiger partial charge < -0.3 is 5.32 Å². The first-order chi connectivity index (χ1) is 9.54. The van der Waals surface area contributed by atoms with Gasteiger partial charge in [0.05, 0.1) is 17.6 Å². The summed E-state index contributed by atoms with van der Waals surface area (Å²) in [5.41, 5.74) is 6.18. The Kier molecular flexibility index (Phi) is 2.89. The van der Waals surface area contributed by atoms with E-state index in [1.54, 1.807) is 4.68 Å². The molecule has 0 radical (unpaired) electrons. The molecular formula is C15H17N5. The lowest BCUT2D eigenvalue weighted by Crippen LogP contribution is -2.20. The van der Waals surface area contributed by atoms with Gasteiger partial charge in [-0.3, -0.25) is 9.67 Å². The Labute approximate surface area is 118 Å². The normalized spacial score (nSPS) is 13.1. The Balaban J connectivity index is 2.05. The molecule has 0 atom stereocenters. The molecule has 1 N–H and O–H groups in total. The van der Waals surface area contributed by atoms with E-state index in [1.165, 1.54) is 5.56 Å². The smallest absolute Gasteiger partial charge is 0.111 e. The van der Waals surface area contributed by atoms with E-state index in [1.807, 2.05) is 39.5 Å². The number of nitrogens with zero attached hydrogens (tertiary/aromatic N) is 4. The van der Waals surface area contributed by atoms with E-state index in [-0.39, 0.29) is 0 Å². The molecule has 0 saturated heterocycles. The number of nitrogens with one attached hydrogen (secondary N) is 1. The molecule has 1 aliphatic rings. The summed E-state index contributed by atoms with van der Waals surface area (Å²) >= 11 is 0. The summed E-state index contributed by atoms with van der Waals surface area (Å²) in [5.74, 6) is 0.925. The SMILES string of the molecule is C=C(C)NC1=Nc2c(C)ncc(-c3cnn(C)c3)c2C1. The number of aliphatic imine (C=N–C) groups is 1.